The Morgan fingerprint density at radius 2 is 1.94 bits per heavy atom. The van der Waals surface area contributed by atoms with Crippen LogP contribution in [0.2, 0.25) is 0 Å². The highest BCUT2D eigenvalue weighted by Crippen LogP contribution is 2.52. The Bertz CT molecular complexity index is 2000. The molecule has 0 amide bonds. The minimum absolute atomic E-state index is 0.0694. The van der Waals surface area contributed by atoms with E-state index in [1.807, 2.05) is 6.07 Å². The lowest BCUT2D eigenvalue weighted by Crippen LogP contribution is -2.55. The highest BCUT2D eigenvalue weighted by molar-refractivity contribution is 6.31. The van der Waals surface area contributed by atoms with Crippen molar-refractivity contribution < 1.29 is 53.9 Å². The van der Waals surface area contributed by atoms with Crippen LogP contribution in [-0.2, 0) is 27.7 Å². The average molecular weight is 692 g/mol. The van der Waals surface area contributed by atoms with Gasteiger partial charge in [-0.1, -0.05) is 17.1 Å². The zero-order chi connectivity index (χ0) is 36.4. The van der Waals surface area contributed by atoms with Gasteiger partial charge in [0.1, 0.15) is 34.7 Å². The number of fused-ring (bicyclic) bond motifs is 3. The number of ketones is 3. The maximum atomic E-state index is 13.9. The van der Waals surface area contributed by atoms with E-state index in [0.717, 1.165) is 11.5 Å². The van der Waals surface area contributed by atoms with Gasteiger partial charge >= 0.3 is 5.95 Å². The van der Waals surface area contributed by atoms with Gasteiger partial charge in [-0.2, -0.15) is 5.26 Å². The highest BCUT2D eigenvalue weighted by atomic mass is 16.7. The van der Waals surface area contributed by atoms with E-state index < -0.39 is 106 Å². The summed E-state index contributed by atoms with van der Waals surface area (Å²) in [4.78, 5) is 54.7. The molecule has 0 saturated carbocycles. The number of ether oxygens (including phenoxy) is 3. The molecule has 3 aliphatic rings. The Labute approximate surface area is 283 Å². The summed E-state index contributed by atoms with van der Waals surface area (Å²) in [6.07, 6.45) is -4.69. The Morgan fingerprint density at radius 3 is 2.56 bits per heavy atom. The molecular formula is C33H33N5O12. The van der Waals surface area contributed by atoms with E-state index in [4.69, 9.17) is 14.2 Å². The molecule has 3 unspecified atom stereocenters. The topological polar surface area (TPSA) is 257 Å². The van der Waals surface area contributed by atoms with Crippen LogP contribution < -0.4 is 10.1 Å². The monoisotopic (exact) mass is 691 g/mol. The van der Waals surface area contributed by atoms with Gasteiger partial charge in [-0.25, -0.2) is 4.57 Å². The molecule has 2 aromatic carbocycles. The summed E-state index contributed by atoms with van der Waals surface area (Å²) in [6, 6.07) is 4.26. The number of benzene rings is 2. The quantitative estimate of drug-likeness (QED) is 0.0998. The molecule has 6 rings (SSSR count). The van der Waals surface area contributed by atoms with Crippen LogP contribution in [0.3, 0.4) is 0 Å². The van der Waals surface area contributed by atoms with Crippen molar-refractivity contribution in [3.63, 3.8) is 0 Å². The standard InChI is InChI=1S/C33H33N5O12/c1-13-27(40)17(36-18(11-34)19-12-35-32(37(19)3)38(46)47)8-22(49-13)50-21-10-33(45,14(2)39)9-16-24(21)31(44)26-25(29(16)42)28(41)15-6-5-7-20(48-4)23(15)30(26)43/h5-7,12-13,17-18,21-22,27,36,40,42,44-45H,8-10H2,1-4H3/t13-,17?,18?,21-,22-,27?,33-/m0/s1. The lowest BCUT2D eigenvalue weighted by molar-refractivity contribution is -0.396. The number of phenolic OH excluding ortho intramolecular Hbond substituents is 2. The van der Waals surface area contributed by atoms with Crippen molar-refractivity contribution in [1.29, 1.82) is 5.26 Å². The third-order valence-corrected chi connectivity index (χ3v) is 9.72. The molecule has 0 spiro atoms. The predicted molar refractivity (Wildman–Crippen MR) is 168 cm³/mol. The number of phenols is 2. The summed E-state index contributed by atoms with van der Waals surface area (Å²) in [5.74, 6) is -4.11. The SMILES string of the molecule is COc1cccc2c1C(=O)c1c(O)c3c(c(O)c1C2=O)C[C@@](O)(C(C)=O)C[C@@H]3O[C@H]1CC(NC(C#N)c2cnc([N+](=O)[O-])n2C)C(O)[C@H](C)O1. The molecule has 262 valence electrons. The summed E-state index contributed by atoms with van der Waals surface area (Å²) in [7, 11) is 2.68. The molecule has 1 aliphatic heterocycles. The van der Waals surface area contributed by atoms with E-state index in [0.29, 0.717) is 0 Å². The van der Waals surface area contributed by atoms with Crippen molar-refractivity contribution in [3.05, 3.63) is 73.6 Å². The molecule has 1 aromatic heterocycles. The zero-order valence-electron chi connectivity index (χ0n) is 27.2. The Morgan fingerprint density at radius 1 is 1.24 bits per heavy atom. The van der Waals surface area contributed by atoms with Gasteiger partial charge in [-0.05, 0) is 24.8 Å². The first-order valence-electron chi connectivity index (χ1n) is 15.5. The molecule has 2 aliphatic carbocycles. The number of carbonyl (C=O) groups excluding carboxylic acids is 3. The van der Waals surface area contributed by atoms with Gasteiger partial charge in [-0.3, -0.25) is 19.7 Å². The number of aromatic hydroxyl groups is 2. The van der Waals surface area contributed by atoms with Crippen molar-refractivity contribution in [1.82, 2.24) is 14.9 Å². The van der Waals surface area contributed by atoms with Gasteiger partial charge in [0.2, 0.25) is 5.78 Å². The minimum atomic E-state index is -2.13. The summed E-state index contributed by atoms with van der Waals surface area (Å²) < 4.78 is 18.6. The molecule has 1 saturated heterocycles. The molecule has 1 fully saturated rings. The first-order chi connectivity index (χ1) is 23.6. The molecule has 3 aromatic rings. The number of Topliss-reactive ketones (excluding diaryl/α,β-unsaturated/α-hetero) is 1. The van der Waals surface area contributed by atoms with E-state index in [-0.39, 0.29) is 40.1 Å². The number of aromatic nitrogens is 2. The molecule has 17 nitrogen and oxygen atoms in total. The normalized spacial score (nSPS) is 26.3. The van der Waals surface area contributed by atoms with Crippen LogP contribution in [-0.4, -0.2) is 89.5 Å². The lowest BCUT2D eigenvalue weighted by atomic mass is 9.72. The van der Waals surface area contributed by atoms with Crippen LogP contribution in [0, 0.1) is 21.4 Å². The second-order valence-corrected chi connectivity index (χ2v) is 12.6. The van der Waals surface area contributed by atoms with Crippen molar-refractivity contribution >= 4 is 23.3 Å². The molecular weight excluding hydrogens is 658 g/mol. The molecule has 5 N–H and O–H groups in total. The fourth-order valence-electron chi connectivity index (χ4n) is 7.04. The second-order valence-electron chi connectivity index (χ2n) is 12.6. The number of carbonyl (C=O) groups is 3. The van der Waals surface area contributed by atoms with Crippen molar-refractivity contribution in [3.8, 4) is 23.3 Å². The Kier molecular flexibility index (Phi) is 8.70. The van der Waals surface area contributed by atoms with E-state index >= 15 is 0 Å². The van der Waals surface area contributed by atoms with Crippen molar-refractivity contribution in [2.75, 3.05) is 7.11 Å². The van der Waals surface area contributed by atoms with Gasteiger partial charge < -0.3 is 44.8 Å². The summed E-state index contributed by atoms with van der Waals surface area (Å²) >= 11 is 0. The average Bonchev–Trinajstić information content (AvgIpc) is 3.46. The van der Waals surface area contributed by atoms with E-state index in [2.05, 4.69) is 10.3 Å². The number of hydrogen-bond acceptors (Lipinski definition) is 15. The largest absolute Gasteiger partial charge is 0.507 e. The van der Waals surface area contributed by atoms with Crippen LogP contribution in [0.4, 0.5) is 5.95 Å². The van der Waals surface area contributed by atoms with Gasteiger partial charge in [0, 0.05) is 42.0 Å². The summed E-state index contributed by atoms with van der Waals surface area (Å²) in [5, 5.41) is 70.0. The third kappa shape index (κ3) is 5.37. The van der Waals surface area contributed by atoms with Crippen LogP contribution in [0.25, 0.3) is 0 Å². The number of imidazole rings is 1. The summed E-state index contributed by atoms with van der Waals surface area (Å²) in [6.45, 7) is 2.66. The molecule has 7 atom stereocenters. The second kappa shape index (κ2) is 12.6. The van der Waals surface area contributed by atoms with Crippen LogP contribution >= 0.6 is 0 Å². The predicted octanol–water partition coefficient (Wildman–Crippen LogP) is 1.57. The van der Waals surface area contributed by atoms with Crippen molar-refractivity contribution in [2.45, 2.75) is 75.4 Å². The molecule has 50 heavy (non-hydrogen) atoms. The summed E-state index contributed by atoms with van der Waals surface area (Å²) in [5.41, 5.74) is -3.48. The minimum Gasteiger partial charge on any atom is -0.507 e. The maximum absolute atomic E-state index is 13.9. The number of methoxy groups -OCH3 is 1. The van der Waals surface area contributed by atoms with E-state index in [1.165, 1.54) is 45.5 Å². The van der Waals surface area contributed by atoms with Crippen LogP contribution in [0.1, 0.15) is 87.5 Å². The lowest BCUT2D eigenvalue weighted by Gasteiger charge is -2.43. The van der Waals surface area contributed by atoms with Gasteiger partial charge in [0.15, 0.2) is 23.9 Å². The Balaban J connectivity index is 1.38. The number of aliphatic hydroxyl groups excluding tert-OH is 1. The fourth-order valence-corrected chi connectivity index (χ4v) is 7.04. The molecule has 0 radical (unpaired) electrons. The first-order valence-corrected chi connectivity index (χ1v) is 15.5. The Hall–Kier alpha value is -5.25. The highest BCUT2D eigenvalue weighted by Gasteiger charge is 2.50. The first kappa shape index (κ1) is 34.6. The van der Waals surface area contributed by atoms with E-state index in [1.54, 1.807) is 0 Å². The molecule has 2 heterocycles. The van der Waals surface area contributed by atoms with Gasteiger partial charge in [-0.15, -0.1) is 0 Å². The van der Waals surface area contributed by atoms with Crippen LogP contribution in [0.5, 0.6) is 17.2 Å². The van der Waals surface area contributed by atoms with Crippen molar-refractivity contribution in [2.24, 2.45) is 7.05 Å². The number of nitrogens with one attached hydrogen (secondary N) is 1. The molecule has 17 heteroatoms. The zero-order valence-corrected chi connectivity index (χ0v) is 27.2. The number of hydrogen-bond donors (Lipinski definition) is 5. The smallest absolute Gasteiger partial charge is 0.434 e. The fraction of sp³-hybridized carbons (Fsp3) is 0.424. The number of rotatable bonds is 8. The number of nitrogens with zero attached hydrogens (tertiary/aromatic N) is 4. The van der Waals surface area contributed by atoms with E-state index in [9.17, 15) is 50.2 Å². The van der Waals surface area contributed by atoms with Gasteiger partial charge in [0.05, 0.1) is 55.2 Å². The van der Waals surface area contributed by atoms with Crippen LogP contribution in [0.15, 0.2) is 24.4 Å². The number of aliphatic hydroxyl groups is 2. The third-order valence-electron chi connectivity index (χ3n) is 9.72. The molecule has 0 bridgehead atoms. The number of nitriles is 1. The maximum Gasteiger partial charge on any atom is 0.434 e. The number of nitro groups is 1. The van der Waals surface area contributed by atoms with Gasteiger partial charge in [0.25, 0.3) is 0 Å².